The molecule has 2 heterocycles. The summed E-state index contributed by atoms with van der Waals surface area (Å²) in [6, 6.07) is 0.486. The van der Waals surface area contributed by atoms with Gasteiger partial charge in [-0.3, -0.25) is 19.6 Å². The van der Waals surface area contributed by atoms with E-state index in [1.54, 1.807) is 6.20 Å². The van der Waals surface area contributed by atoms with E-state index in [1.165, 1.54) is 25.7 Å². The minimum Gasteiger partial charge on any atom is -0.280 e. The summed E-state index contributed by atoms with van der Waals surface area (Å²) in [4.78, 5) is 16.7. The molecule has 102 valence electrons. The number of pyridine rings is 1. The van der Waals surface area contributed by atoms with Gasteiger partial charge in [0.15, 0.2) is 0 Å². The highest BCUT2D eigenvalue weighted by atomic mass is 16.1. The number of nitrogens with zero attached hydrogens (tertiary/aromatic N) is 2. The summed E-state index contributed by atoms with van der Waals surface area (Å²) in [5.41, 5.74) is 3.36. The van der Waals surface area contributed by atoms with Crippen LogP contribution in [-0.2, 0) is 6.42 Å². The second-order valence-corrected chi connectivity index (χ2v) is 6.54. The highest BCUT2D eigenvalue weighted by Crippen LogP contribution is 2.51. The van der Waals surface area contributed by atoms with E-state index < -0.39 is 0 Å². The molecular weight excluding hydrogens is 250 g/mol. The molecule has 0 aromatic carbocycles. The molecule has 2 aromatic heterocycles. The van der Waals surface area contributed by atoms with Crippen molar-refractivity contribution in [2.45, 2.75) is 38.1 Å². The fourth-order valence-electron chi connectivity index (χ4n) is 4.61. The lowest BCUT2D eigenvalue weighted by Crippen LogP contribution is -2.19. The van der Waals surface area contributed by atoms with Crippen molar-refractivity contribution in [3.63, 3.8) is 0 Å². The predicted octanol–water partition coefficient (Wildman–Crippen LogP) is 2.66. The number of fused-ring (bicyclic) bond motifs is 5. The summed E-state index contributed by atoms with van der Waals surface area (Å²) < 4.78 is 2.18. The largest absolute Gasteiger partial charge is 0.280 e. The number of rotatable bonds is 1. The predicted molar refractivity (Wildman–Crippen MR) is 77.6 cm³/mol. The van der Waals surface area contributed by atoms with Gasteiger partial charge in [-0.1, -0.05) is 18.6 Å². The van der Waals surface area contributed by atoms with Crippen LogP contribution in [0.2, 0.25) is 0 Å². The summed E-state index contributed by atoms with van der Waals surface area (Å²) >= 11 is 0. The van der Waals surface area contributed by atoms with Crippen molar-refractivity contribution < 1.29 is 0 Å². The SMILES string of the molecule is O=c1[nH]n(C2CC3CCC2C3)c2c3c(ncc12)CC=C3. The molecule has 2 saturated carbocycles. The van der Waals surface area contributed by atoms with Crippen LogP contribution in [0.3, 0.4) is 0 Å². The van der Waals surface area contributed by atoms with Crippen LogP contribution in [0.25, 0.3) is 17.0 Å². The summed E-state index contributed by atoms with van der Waals surface area (Å²) in [5.74, 6) is 1.62. The Morgan fingerprint density at radius 3 is 3.05 bits per heavy atom. The van der Waals surface area contributed by atoms with E-state index >= 15 is 0 Å². The third-order valence-corrected chi connectivity index (χ3v) is 5.51. The molecule has 0 radical (unpaired) electrons. The van der Waals surface area contributed by atoms with Crippen LogP contribution < -0.4 is 5.56 Å². The highest BCUT2D eigenvalue weighted by Gasteiger charge is 2.41. The van der Waals surface area contributed by atoms with E-state index in [0.29, 0.717) is 6.04 Å². The number of hydrogen-bond acceptors (Lipinski definition) is 2. The fraction of sp³-hybridized carbons (Fsp3) is 0.500. The molecule has 3 unspecified atom stereocenters. The second kappa shape index (κ2) is 3.62. The first-order chi connectivity index (χ1) is 9.81. The minimum absolute atomic E-state index is 0.0124. The van der Waals surface area contributed by atoms with Crippen LogP contribution in [0, 0.1) is 11.8 Å². The molecule has 0 saturated heterocycles. The maximum absolute atomic E-state index is 12.2. The molecule has 2 fully saturated rings. The fourth-order valence-corrected chi connectivity index (χ4v) is 4.61. The molecule has 5 rings (SSSR count). The number of aromatic nitrogens is 3. The van der Waals surface area contributed by atoms with Crippen LogP contribution in [0.15, 0.2) is 17.1 Å². The highest BCUT2D eigenvalue weighted by molar-refractivity contribution is 5.89. The number of hydrogen-bond donors (Lipinski definition) is 1. The van der Waals surface area contributed by atoms with E-state index in [-0.39, 0.29) is 5.56 Å². The Kier molecular flexibility index (Phi) is 1.97. The number of aromatic amines is 1. The van der Waals surface area contributed by atoms with Gasteiger partial charge in [0.05, 0.1) is 22.6 Å². The van der Waals surface area contributed by atoms with E-state index in [0.717, 1.165) is 40.4 Å². The lowest BCUT2D eigenvalue weighted by Gasteiger charge is -2.24. The molecular formula is C16H17N3O. The van der Waals surface area contributed by atoms with Crippen LogP contribution in [0.1, 0.15) is 43.0 Å². The summed E-state index contributed by atoms with van der Waals surface area (Å²) in [7, 11) is 0. The molecule has 3 aliphatic rings. The molecule has 0 aliphatic heterocycles. The monoisotopic (exact) mass is 267 g/mol. The standard InChI is InChI=1S/C16H17N3O/c20-16-12-8-17-13-3-1-2-11(13)15(12)19(18-16)14-7-9-4-5-10(14)6-9/h1-2,8-10,14H,3-7H2,(H,18,20). The Bertz CT molecular complexity index is 798. The minimum atomic E-state index is 0.0124. The summed E-state index contributed by atoms with van der Waals surface area (Å²) in [5, 5.41) is 3.84. The second-order valence-electron chi connectivity index (χ2n) is 6.54. The smallest absolute Gasteiger partial charge is 0.273 e. The van der Waals surface area contributed by atoms with Gasteiger partial charge >= 0.3 is 0 Å². The van der Waals surface area contributed by atoms with E-state index in [4.69, 9.17) is 0 Å². The first-order valence-corrected chi connectivity index (χ1v) is 7.60. The zero-order valence-electron chi connectivity index (χ0n) is 11.3. The molecule has 2 bridgehead atoms. The van der Waals surface area contributed by atoms with Crippen molar-refractivity contribution >= 4 is 17.0 Å². The number of nitrogens with one attached hydrogen (secondary N) is 1. The Balaban J connectivity index is 1.78. The average Bonchev–Trinajstić information content (AvgIpc) is 3.20. The molecule has 20 heavy (non-hydrogen) atoms. The molecule has 3 atom stereocenters. The van der Waals surface area contributed by atoms with Crippen LogP contribution in [0.4, 0.5) is 0 Å². The van der Waals surface area contributed by atoms with Crippen molar-refractivity contribution in [1.29, 1.82) is 0 Å². The van der Waals surface area contributed by atoms with E-state index in [1.807, 2.05) is 0 Å². The van der Waals surface area contributed by atoms with Crippen LogP contribution >= 0.6 is 0 Å². The Labute approximate surface area is 116 Å². The van der Waals surface area contributed by atoms with Gasteiger partial charge in [0.1, 0.15) is 0 Å². The molecule has 0 spiro atoms. The van der Waals surface area contributed by atoms with Crippen LogP contribution in [-0.4, -0.2) is 14.8 Å². The Hall–Kier alpha value is -1.84. The first kappa shape index (κ1) is 10.9. The normalized spacial score (nSPS) is 30.5. The average molecular weight is 267 g/mol. The van der Waals surface area contributed by atoms with Gasteiger partial charge in [-0.2, -0.15) is 0 Å². The zero-order chi connectivity index (χ0) is 13.3. The summed E-state index contributed by atoms with van der Waals surface area (Å²) in [6.45, 7) is 0. The molecule has 4 nitrogen and oxygen atoms in total. The lowest BCUT2D eigenvalue weighted by molar-refractivity contribution is 0.313. The van der Waals surface area contributed by atoms with Gasteiger partial charge in [0.2, 0.25) is 0 Å². The molecule has 0 amide bonds. The summed E-state index contributed by atoms with van der Waals surface area (Å²) in [6.07, 6.45) is 12.2. The number of H-pyrrole nitrogens is 1. The van der Waals surface area contributed by atoms with E-state index in [9.17, 15) is 4.79 Å². The van der Waals surface area contributed by atoms with Gasteiger partial charge in [-0.15, -0.1) is 0 Å². The lowest BCUT2D eigenvalue weighted by atomic mass is 9.95. The Morgan fingerprint density at radius 1 is 1.30 bits per heavy atom. The van der Waals surface area contributed by atoms with Crippen molar-refractivity contribution in [3.05, 3.63) is 33.9 Å². The maximum atomic E-state index is 12.2. The van der Waals surface area contributed by atoms with Crippen molar-refractivity contribution in [2.75, 3.05) is 0 Å². The van der Waals surface area contributed by atoms with Gasteiger partial charge in [0.25, 0.3) is 5.56 Å². The van der Waals surface area contributed by atoms with Gasteiger partial charge < -0.3 is 0 Å². The zero-order valence-corrected chi connectivity index (χ0v) is 11.3. The van der Waals surface area contributed by atoms with Gasteiger partial charge in [0, 0.05) is 18.2 Å². The third kappa shape index (κ3) is 1.27. The van der Waals surface area contributed by atoms with Crippen molar-refractivity contribution in [2.24, 2.45) is 11.8 Å². The molecule has 1 N–H and O–H groups in total. The number of allylic oxidation sites excluding steroid dienone is 1. The first-order valence-electron chi connectivity index (χ1n) is 7.60. The Morgan fingerprint density at radius 2 is 2.25 bits per heavy atom. The van der Waals surface area contributed by atoms with Gasteiger partial charge in [-0.05, 0) is 31.1 Å². The molecule has 3 aliphatic carbocycles. The van der Waals surface area contributed by atoms with Crippen molar-refractivity contribution in [3.8, 4) is 0 Å². The van der Waals surface area contributed by atoms with Crippen molar-refractivity contribution in [1.82, 2.24) is 14.8 Å². The quantitative estimate of drug-likeness (QED) is 0.863. The third-order valence-electron chi connectivity index (χ3n) is 5.51. The van der Waals surface area contributed by atoms with Crippen LogP contribution in [0.5, 0.6) is 0 Å². The maximum Gasteiger partial charge on any atom is 0.273 e. The molecule has 2 aromatic rings. The van der Waals surface area contributed by atoms with E-state index in [2.05, 4.69) is 26.9 Å². The topological polar surface area (TPSA) is 50.7 Å². The molecule has 4 heteroatoms. The van der Waals surface area contributed by atoms with Gasteiger partial charge in [-0.25, -0.2) is 0 Å².